The van der Waals surface area contributed by atoms with E-state index < -0.39 is 10.0 Å². The largest absolute Gasteiger partial charge is 0.377 e. The van der Waals surface area contributed by atoms with Crippen LogP contribution in [-0.2, 0) is 21.4 Å². The summed E-state index contributed by atoms with van der Waals surface area (Å²) in [5.74, 6) is 0.157. The van der Waals surface area contributed by atoms with Gasteiger partial charge in [-0.3, -0.25) is 4.79 Å². The van der Waals surface area contributed by atoms with Crippen molar-refractivity contribution in [2.24, 2.45) is 5.92 Å². The smallest absolute Gasteiger partial charge is 0.227 e. The van der Waals surface area contributed by atoms with Gasteiger partial charge in [-0.05, 0) is 50.5 Å². The number of rotatable bonds is 7. The number of benzene rings is 1. The molecule has 0 saturated heterocycles. The van der Waals surface area contributed by atoms with Crippen LogP contribution in [0.1, 0.15) is 45.1 Å². The normalized spacial score (nSPS) is 15.7. The maximum Gasteiger partial charge on any atom is 0.227 e. The molecule has 0 aromatic heterocycles. The lowest BCUT2D eigenvalue weighted by atomic mass is 10.1. The van der Waals surface area contributed by atoms with Crippen molar-refractivity contribution in [3.8, 4) is 0 Å². The number of hydrogen-bond acceptors (Lipinski definition) is 4. The fraction of sp³-hybridized carbons (Fsp3) is 0.632. The summed E-state index contributed by atoms with van der Waals surface area (Å²) in [6, 6.07) is 5.56. The van der Waals surface area contributed by atoms with Gasteiger partial charge >= 0.3 is 0 Å². The van der Waals surface area contributed by atoms with Gasteiger partial charge in [0, 0.05) is 44.0 Å². The third-order valence-electron chi connectivity index (χ3n) is 4.88. The summed E-state index contributed by atoms with van der Waals surface area (Å²) < 4.78 is 25.7. The molecule has 1 saturated carbocycles. The van der Waals surface area contributed by atoms with Crippen LogP contribution in [0.15, 0.2) is 18.2 Å². The highest BCUT2D eigenvalue weighted by molar-refractivity contribution is 7.88. The predicted octanol–water partition coefficient (Wildman–Crippen LogP) is 3.05. The zero-order valence-electron chi connectivity index (χ0n) is 16.4. The molecule has 7 heteroatoms. The third-order valence-corrected chi connectivity index (χ3v) is 6.29. The Hall–Kier alpha value is -1.60. The summed E-state index contributed by atoms with van der Waals surface area (Å²) in [7, 11) is 0.526. The van der Waals surface area contributed by atoms with Crippen LogP contribution in [0.5, 0.6) is 0 Å². The van der Waals surface area contributed by atoms with E-state index in [0.29, 0.717) is 0 Å². The van der Waals surface area contributed by atoms with Crippen molar-refractivity contribution in [3.05, 3.63) is 23.8 Å². The zero-order valence-corrected chi connectivity index (χ0v) is 17.3. The molecule has 146 valence electrons. The van der Waals surface area contributed by atoms with Gasteiger partial charge in [-0.1, -0.05) is 12.8 Å². The Bertz CT molecular complexity index is 738. The summed E-state index contributed by atoms with van der Waals surface area (Å²) in [5.41, 5.74) is 2.54. The Morgan fingerprint density at radius 3 is 2.35 bits per heavy atom. The molecule has 0 atom stereocenters. The van der Waals surface area contributed by atoms with Gasteiger partial charge in [0.1, 0.15) is 0 Å². The number of anilines is 2. The Balaban J connectivity index is 2.28. The van der Waals surface area contributed by atoms with Gasteiger partial charge in [-0.15, -0.1) is 0 Å². The number of carbonyl (C=O) groups is 1. The van der Waals surface area contributed by atoms with Crippen molar-refractivity contribution in [2.75, 3.05) is 30.6 Å². The van der Waals surface area contributed by atoms with Gasteiger partial charge in [0.2, 0.25) is 15.9 Å². The molecule has 0 unspecified atom stereocenters. The lowest BCUT2D eigenvalue weighted by Gasteiger charge is -2.27. The van der Waals surface area contributed by atoms with E-state index in [1.807, 2.05) is 51.0 Å². The molecule has 2 rings (SSSR count). The van der Waals surface area contributed by atoms with Crippen LogP contribution < -0.4 is 10.2 Å². The average molecular weight is 382 g/mol. The molecule has 26 heavy (non-hydrogen) atoms. The minimum atomic E-state index is -3.33. The monoisotopic (exact) mass is 381 g/mol. The predicted molar refractivity (Wildman–Crippen MR) is 107 cm³/mol. The molecule has 1 aliphatic rings. The van der Waals surface area contributed by atoms with Gasteiger partial charge in [-0.25, -0.2) is 8.42 Å². The molecule has 0 radical (unpaired) electrons. The Morgan fingerprint density at radius 1 is 1.23 bits per heavy atom. The average Bonchev–Trinajstić information content (AvgIpc) is 3.05. The van der Waals surface area contributed by atoms with E-state index in [2.05, 4.69) is 5.32 Å². The molecule has 1 aromatic carbocycles. The van der Waals surface area contributed by atoms with Crippen molar-refractivity contribution in [1.82, 2.24) is 4.31 Å². The standard InChI is InChI=1S/C19H31N3O3S/c1-14(2)22(26(5,24)25)13-16-12-17(10-11-18(16)21(3)4)20-19(23)15-8-6-7-9-15/h10-12,14-15H,6-9,13H2,1-5H3,(H,20,23). The molecule has 1 amide bonds. The van der Waals surface area contributed by atoms with Crippen LogP contribution in [0.4, 0.5) is 11.4 Å². The number of sulfonamides is 1. The Labute approximate surface area is 157 Å². The second-order valence-electron chi connectivity index (χ2n) is 7.61. The second kappa shape index (κ2) is 8.39. The molecule has 6 nitrogen and oxygen atoms in total. The Morgan fingerprint density at radius 2 is 1.85 bits per heavy atom. The molecular formula is C19H31N3O3S. The van der Waals surface area contributed by atoms with Crippen molar-refractivity contribution < 1.29 is 13.2 Å². The van der Waals surface area contributed by atoms with Crippen LogP contribution in [-0.4, -0.2) is 45.0 Å². The SMILES string of the molecule is CC(C)N(Cc1cc(NC(=O)C2CCCC2)ccc1N(C)C)S(C)(=O)=O. The summed E-state index contributed by atoms with van der Waals surface area (Å²) >= 11 is 0. The van der Waals surface area contributed by atoms with Gasteiger partial charge in [0.05, 0.1) is 6.26 Å². The lowest BCUT2D eigenvalue weighted by molar-refractivity contribution is -0.119. The molecule has 0 spiro atoms. The van der Waals surface area contributed by atoms with Crippen LogP contribution in [0, 0.1) is 5.92 Å². The zero-order chi connectivity index (χ0) is 19.5. The third kappa shape index (κ3) is 5.20. The van der Waals surface area contributed by atoms with E-state index in [1.54, 1.807) is 0 Å². The maximum absolute atomic E-state index is 12.4. The summed E-state index contributed by atoms with van der Waals surface area (Å²) in [6.45, 7) is 4.00. The maximum atomic E-state index is 12.4. The van der Waals surface area contributed by atoms with Crippen molar-refractivity contribution >= 4 is 27.3 Å². The molecule has 1 fully saturated rings. The van der Waals surface area contributed by atoms with E-state index in [-0.39, 0.29) is 24.4 Å². The molecule has 1 aliphatic carbocycles. The molecule has 0 heterocycles. The van der Waals surface area contributed by atoms with E-state index in [0.717, 1.165) is 42.6 Å². The summed E-state index contributed by atoms with van der Waals surface area (Å²) in [5, 5.41) is 3.01. The van der Waals surface area contributed by atoms with E-state index in [9.17, 15) is 13.2 Å². The minimum absolute atomic E-state index is 0.0647. The number of nitrogens with zero attached hydrogens (tertiary/aromatic N) is 2. The summed E-state index contributed by atoms with van der Waals surface area (Å²) in [6.07, 6.45) is 5.35. The molecule has 0 aliphatic heterocycles. The van der Waals surface area contributed by atoms with Crippen LogP contribution >= 0.6 is 0 Å². The first-order valence-electron chi connectivity index (χ1n) is 9.17. The van der Waals surface area contributed by atoms with Gasteiger partial charge < -0.3 is 10.2 Å². The highest BCUT2D eigenvalue weighted by atomic mass is 32.2. The number of nitrogens with one attached hydrogen (secondary N) is 1. The number of carbonyl (C=O) groups excluding carboxylic acids is 1. The fourth-order valence-electron chi connectivity index (χ4n) is 3.51. The first kappa shape index (κ1) is 20.7. The van der Waals surface area contributed by atoms with Crippen molar-refractivity contribution in [3.63, 3.8) is 0 Å². The van der Waals surface area contributed by atoms with Gasteiger partial charge in [0.25, 0.3) is 0 Å². The highest BCUT2D eigenvalue weighted by Gasteiger charge is 2.24. The van der Waals surface area contributed by atoms with Crippen molar-refractivity contribution in [1.29, 1.82) is 0 Å². The molecular weight excluding hydrogens is 350 g/mol. The lowest BCUT2D eigenvalue weighted by Crippen LogP contribution is -2.36. The second-order valence-corrected chi connectivity index (χ2v) is 9.55. The minimum Gasteiger partial charge on any atom is -0.377 e. The van der Waals surface area contributed by atoms with Gasteiger partial charge in [-0.2, -0.15) is 4.31 Å². The van der Waals surface area contributed by atoms with Crippen LogP contribution in [0.25, 0.3) is 0 Å². The first-order chi connectivity index (χ1) is 12.1. The van der Waals surface area contributed by atoms with Crippen molar-refractivity contribution in [2.45, 2.75) is 52.1 Å². The highest BCUT2D eigenvalue weighted by Crippen LogP contribution is 2.29. The number of hydrogen-bond donors (Lipinski definition) is 1. The Kier molecular flexibility index (Phi) is 6.69. The van der Waals surface area contributed by atoms with E-state index >= 15 is 0 Å². The van der Waals surface area contributed by atoms with E-state index in [4.69, 9.17) is 0 Å². The molecule has 1 aromatic rings. The van der Waals surface area contributed by atoms with Crippen LogP contribution in [0.3, 0.4) is 0 Å². The topological polar surface area (TPSA) is 69.7 Å². The first-order valence-corrected chi connectivity index (χ1v) is 11.0. The van der Waals surface area contributed by atoms with Crippen LogP contribution in [0.2, 0.25) is 0 Å². The quantitative estimate of drug-likeness (QED) is 0.788. The van der Waals surface area contributed by atoms with Gasteiger partial charge in [0.15, 0.2) is 0 Å². The molecule has 1 N–H and O–H groups in total. The fourth-order valence-corrected chi connectivity index (χ4v) is 4.65. The summed E-state index contributed by atoms with van der Waals surface area (Å²) in [4.78, 5) is 14.4. The van der Waals surface area contributed by atoms with E-state index in [1.165, 1.54) is 10.6 Å². The molecule has 0 bridgehead atoms. The number of amides is 1.